The first-order valence-electron chi connectivity index (χ1n) is 9.30. The molecule has 0 bridgehead atoms. The van der Waals surface area contributed by atoms with Crippen LogP contribution >= 0.6 is 35.3 Å². The van der Waals surface area contributed by atoms with Crippen molar-refractivity contribution in [2.75, 3.05) is 26.7 Å². The number of aliphatic imine (C=N–C) groups is 1. The molecule has 1 aromatic heterocycles. The summed E-state index contributed by atoms with van der Waals surface area (Å²) in [6.07, 6.45) is 2.32. The Labute approximate surface area is 184 Å². The maximum Gasteiger partial charge on any atom is 0.193 e. The van der Waals surface area contributed by atoms with Gasteiger partial charge < -0.3 is 15.0 Å². The van der Waals surface area contributed by atoms with E-state index < -0.39 is 0 Å². The Morgan fingerprint density at radius 2 is 1.89 bits per heavy atom. The van der Waals surface area contributed by atoms with E-state index in [1.807, 2.05) is 48.7 Å². The molecule has 1 aliphatic rings. The molecule has 1 aromatic carbocycles. The zero-order valence-corrected chi connectivity index (χ0v) is 19.5. The smallest absolute Gasteiger partial charge is 0.193 e. The van der Waals surface area contributed by atoms with Crippen LogP contribution in [0.15, 0.2) is 52.8 Å². The summed E-state index contributed by atoms with van der Waals surface area (Å²) in [4.78, 5) is 8.24. The zero-order valence-electron chi connectivity index (χ0n) is 16.4. The highest BCUT2D eigenvalue weighted by atomic mass is 127. The van der Waals surface area contributed by atoms with Gasteiger partial charge in [0.2, 0.25) is 0 Å². The van der Waals surface area contributed by atoms with Gasteiger partial charge in [0.15, 0.2) is 5.96 Å². The van der Waals surface area contributed by atoms with Crippen LogP contribution in [0.1, 0.15) is 31.6 Å². The Balaban J connectivity index is 0.00000261. The van der Waals surface area contributed by atoms with E-state index in [0.29, 0.717) is 0 Å². The second-order valence-corrected chi connectivity index (χ2v) is 8.33. The van der Waals surface area contributed by atoms with Crippen molar-refractivity contribution in [3.8, 4) is 5.75 Å². The number of ether oxygens (including phenoxy) is 1. The summed E-state index contributed by atoms with van der Waals surface area (Å²) in [5.74, 6) is 1.96. The van der Waals surface area contributed by atoms with E-state index in [4.69, 9.17) is 4.74 Å². The predicted molar refractivity (Wildman–Crippen MR) is 126 cm³/mol. The molecule has 2 heterocycles. The summed E-state index contributed by atoms with van der Waals surface area (Å²) in [5.41, 5.74) is 0.0961. The van der Waals surface area contributed by atoms with Gasteiger partial charge in [0.1, 0.15) is 11.9 Å². The van der Waals surface area contributed by atoms with Crippen LogP contribution in [0.5, 0.6) is 5.75 Å². The maximum atomic E-state index is 6.09. The molecular formula is C21H30IN3OS. The van der Waals surface area contributed by atoms with E-state index in [0.717, 1.165) is 44.2 Å². The zero-order chi connectivity index (χ0) is 18.4. The number of nitrogens with zero attached hydrogens (tertiary/aromatic N) is 2. The summed E-state index contributed by atoms with van der Waals surface area (Å²) in [5, 5.41) is 5.72. The third-order valence-electron chi connectivity index (χ3n) is 4.88. The van der Waals surface area contributed by atoms with Gasteiger partial charge in [-0.1, -0.05) is 38.1 Å². The molecule has 1 aliphatic heterocycles. The van der Waals surface area contributed by atoms with Crippen molar-refractivity contribution in [2.24, 2.45) is 4.99 Å². The average Bonchev–Trinajstić information content (AvgIpc) is 3.20. The molecule has 6 heteroatoms. The molecule has 27 heavy (non-hydrogen) atoms. The molecule has 0 unspecified atom stereocenters. The van der Waals surface area contributed by atoms with Gasteiger partial charge in [-0.15, -0.1) is 35.3 Å². The molecule has 1 N–H and O–H groups in total. The highest BCUT2D eigenvalue weighted by molar-refractivity contribution is 14.0. The van der Waals surface area contributed by atoms with Crippen LogP contribution in [0.3, 0.4) is 0 Å². The summed E-state index contributed by atoms with van der Waals surface area (Å²) in [7, 11) is 1.87. The van der Waals surface area contributed by atoms with Crippen molar-refractivity contribution in [1.29, 1.82) is 0 Å². The van der Waals surface area contributed by atoms with Gasteiger partial charge in [-0.2, -0.15) is 0 Å². The molecule has 0 spiro atoms. The Hall–Kier alpha value is -1.28. The number of hydrogen-bond acceptors (Lipinski definition) is 3. The number of rotatable bonds is 5. The highest BCUT2D eigenvalue weighted by Gasteiger charge is 2.26. The molecule has 0 radical (unpaired) electrons. The largest absolute Gasteiger partial charge is 0.490 e. The lowest BCUT2D eigenvalue weighted by Gasteiger charge is -2.35. The monoisotopic (exact) mass is 499 g/mol. The molecular weight excluding hydrogens is 469 g/mol. The van der Waals surface area contributed by atoms with Crippen molar-refractivity contribution in [3.63, 3.8) is 0 Å². The number of para-hydroxylation sites is 1. The summed E-state index contributed by atoms with van der Waals surface area (Å²) in [6.45, 7) is 7.37. The van der Waals surface area contributed by atoms with Gasteiger partial charge in [-0.05, 0) is 23.6 Å². The van der Waals surface area contributed by atoms with Crippen LogP contribution in [0, 0.1) is 0 Å². The fourth-order valence-corrected chi connectivity index (χ4v) is 4.11. The van der Waals surface area contributed by atoms with Crippen molar-refractivity contribution in [2.45, 2.75) is 38.2 Å². The maximum absolute atomic E-state index is 6.09. The molecule has 0 aliphatic carbocycles. The quantitative estimate of drug-likeness (QED) is 0.366. The molecule has 3 rings (SSSR count). The minimum Gasteiger partial charge on any atom is -0.490 e. The number of thiophene rings is 1. The fraction of sp³-hybridized carbons (Fsp3) is 0.476. The first-order chi connectivity index (χ1) is 12.6. The molecule has 4 nitrogen and oxygen atoms in total. The lowest BCUT2D eigenvalue weighted by Crippen LogP contribution is -2.49. The molecule has 1 saturated heterocycles. The van der Waals surface area contributed by atoms with Gasteiger partial charge in [0.25, 0.3) is 0 Å². The van der Waals surface area contributed by atoms with Gasteiger partial charge in [-0.25, -0.2) is 0 Å². The predicted octanol–water partition coefficient (Wildman–Crippen LogP) is 4.76. The van der Waals surface area contributed by atoms with E-state index in [1.165, 1.54) is 4.88 Å². The van der Waals surface area contributed by atoms with Gasteiger partial charge in [0.05, 0.1) is 0 Å². The number of hydrogen-bond donors (Lipinski definition) is 1. The van der Waals surface area contributed by atoms with E-state index in [1.54, 1.807) is 0 Å². The number of halogens is 1. The van der Waals surface area contributed by atoms with Crippen molar-refractivity contribution in [1.82, 2.24) is 10.2 Å². The minimum atomic E-state index is 0. The van der Waals surface area contributed by atoms with Crippen LogP contribution in [-0.2, 0) is 5.41 Å². The number of nitrogens with one attached hydrogen (secondary N) is 1. The normalized spacial score (nSPS) is 16.0. The average molecular weight is 499 g/mol. The Kier molecular flexibility index (Phi) is 8.41. The lowest BCUT2D eigenvalue weighted by atomic mass is 9.91. The summed E-state index contributed by atoms with van der Waals surface area (Å²) in [6, 6.07) is 14.4. The Morgan fingerprint density at radius 1 is 1.19 bits per heavy atom. The lowest BCUT2D eigenvalue weighted by molar-refractivity contribution is 0.129. The third-order valence-corrected chi connectivity index (χ3v) is 6.11. The highest BCUT2D eigenvalue weighted by Crippen LogP contribution is 2.26. The van der Waals surface area contributed by atoms with E-state index in [-0.39, 0.29) is 35.5 Å². The molecule has 0 amide bonds. The van der Waals surface area contributed by atoms with Crippen LogP contribution in [0.25, 0.3) is 0 Å². The standard InChI is InChI=1S/C21H29N3OS.HI/c1-21(2,19-10-7-15-26-19)16-23-20(22-3)24-13-11-18(12-14-24)25-17-8-5-4-6-9-17;/h4-10,15,18H,11-14,16H2,1-3H3,(H,22,23);1H. The van der Waals surface area contributed by atoms with Crippen molar-refractivity contribution >= 4 is 41.3 Å². The van der Waals surface area contributed by atoms with Crippen LogP contribution < -0.4 is 10.1 Å². The SMILES string of the molecule is CN=C(NCC(C)(C)c1cccs1)N1CCC(Oc2ccccc2)CC1.I. The van der Waals surface area contributed by atoms with Crippen LogP contribution in [-0.4, -0.2) is 43.6 Å². The van der Waals surface area contributed by atoms with E-state index in [2.05, 4.69) is 46.6 Å². The number of guanidine groups is 1. The second kappa shape index (κ2) is 10.3. The summed E-state index contributed by atoms with van der Waals surface area (Å²) < 4.78 is 6.09. The molecule has 1 fully saturated rings. The fourth-order valence-electron chi connectivity index (χ4n) is 3.26. The minimum absolute atomic E-state index is 0. The topological polar surface area (TPSA) is 36.9 Å². The molecule has 2 aromatic rings. The third kappa shape index (κ3) is 6.10. The van der Waals surface area contributed by atoms with E-state index in [9.17, 15) is 0 Å². The molecule has 0 saturated carbocycles. The first kappa shape index (κ1) is 22.0. The Morgan fingerprint density at radius 3 is 2.48 bits per heavy atom. The Bertz CT molecular complexity index is 695. The van der Waals surface area contributed by atoms with Crippen molar-refractivity contribution < 1.29 is 4.74 Å². The van der Waals surface area contributed by atoms with Crippen LogP contribution in [0.2, 0.25) is 0 Å². The number of piperidine rings is 1. The molecule has 148 valence electrons. The van der Waals surface area contributed by atoms with Crippen LogP contribution in [0.4, 0.5) is 0 Å². The van der Waals surface area contributed by atoms with Gasteiger partial charge in [0, 0.05) is 49.8 Å². The van der Waals surface area contributed by atoms with E-state index >= 15 is 0 Å². The molecule has 0 atom stereocenters. The first-order valence-corrected chi connectivity index (χ1v) is 10.2. The number of likely N-dealkylation sites (tertiary alicyclic amines) is 1. The second-order valence-electron chi connectivity index (χ2n) is 7.38. The van der Waals surface area contributed by atoms with Gasteiger partial charge in [-0.3, -0.25) is 4.99 Å². The summed E-state index contributed by atoms with van der Waals surface area (Å²) >= 11 is 1.82. The van der Waals surface area contributed by atoms with Crippen molar-refractivity contribution in [3.05, 3.63) is 52.7 Å². The number of benzene rings is 1. The van der Waals surface area contributed by atoms with Gasteiger partial charge >= 0.3 is 0 Å².